The number of methoxy groups -OCH3 is 1. The summed E-state index contributed by atoms with van der Waals surface area (Å²) in [6.07, 6.45) is 11.1. The van der Waals surface area contributed by atoms with Crippen LogP contribution in [-0.2, 0) is 19.9 Å². The fourth-order valence-electron chi connectivity index (χ4n) is 10.5. The predicted octanol–water partition coefficient (Wildman–Crippen LogP) is 9.87. The Morgan fingerprint density at radius 2 is 1.39 bits per heavy atom. The number of anilines is 1. The van der Waals surface area contributed by atoms with Crippen LogP contribution in [0.2, 0.25) is 0 Å². The van der Waals surface area contributed by atoms with Crippen LogP contribution in [0.3, 0.4) is 0 Å². The summed E-state index contributed by atoms with van der Waals surface area (Å²) in [5, 5.41) is 9.87. The number of hydrogen-bond donors (Lipinski definition) is 1. The molecule has 3 aliphatic rings. The average molecular weight is 911 g/mol. The number of carbonyl (C=O) groups is 2. The number of nitrogens with one attached hydrogen (secondary N) is 1. The summed E-state index contributed by atoms with van der Waals surface area (Å²) in [5.41, 5.74) is 9.27. The molecule has 11 heteroatoms. The number of pyridine rings is 1. The molecule has 11 nitrogen and oxygen atoms in total. The van der Waals surface area contributed by atoms with Crippen LogP contribution in [0.1, 0.15) is 59.5 Å². The first-order valence-electron chi connectivity index (χ1n) is 24.0. The summed E-state index contributed by atoms with van der Waals surface area (Å²) in [6.45, 7) is 2.66. The van der Waals surface area contributed by atoms with Gasteiger partial charge < -0.3 is 15.0 Å². The Kier molecular flexibility index (Phi) is 12.0. The first-order valence-corrected chi connectivity index (χ1v) is 24.0. The normalized spacial score (nSPS) is 17.5. The first kappa shape index (κ1) is 43.9. The van der Waals surface area contributed by atoms with E-state index in [-0.39, 0.29) is 25.0 Å². The van der Waals surface area contributed by atoms with Crippen molar-refractivity contribution in [3.8, 4) is 22.6 Å². The number of carbonyl (C=O) groups excluding carboxylic acids is 2. The number of benzene rings is 5. The Hall–Kier alpha value is -7.60. The van der Waals surface area contributed by atoms with Gasteiger partial charge in [0.15, 0.2) is 5.82 Å². The second kappa shape index (κ2) is 18.8. The van der Waals surface area contributed by atoms with Crippen LogP contribution in [0, 0.1) is 5.41 Å². The van der Waals surface area contributed by atoms with Crippen LogP contribution in [-0.4, -0.2) is 92.8 Å². The molecule has 1 saturated carbocycles. The molecule has 5 aromatic carbocycles. The number of rotatable bonds is 14. The molecule has 1 aliphatic carbocycles. The van der Waals surface area contributed by atoms with E-state index in [1.165, 1.54) is 5.57 Å². The topological polar surface area (TPSA) is 118 Å². The second-order valence-corrected chi connectivity index (χ2v) is 18.6. The van der Waals surface area contributed by atoms with Gasteiger partial charge in [-0.3, -0.25) is 19.5 Å². The number of aromatic nitrogens is 5. The van der Waals surface area contributed by atoms with E-state index in [1.54, 1.807) is 19.5 Å². The maximum Gasteiger partial charge on any atom is 0.237 e. The van der Waals surface area contributed by atoms with Crippen molar-refractivity contribution >= 4 is 34.0 Å². The lowest BCUT2D eigenvalue weighted by atomic mass is 9.77. The van der Waals surface area contributed by atoms with Crippen molar-refractivity contribution in [1.82, 2.24) is 34.5 Å². The summed E-state index contributed by atoms with van der Waals surface area (Å²) in [6, 6.07) is 52.2. The van der Waals surface area contributed by atoms with Gasteiger partial charge in [-0.25, -0.2) is 14.6 Å². The minimum atomic E-state index is -0.858. The van der Waals surface area contributed by atoms with Crippen LogP contribution in [0.5, 0.6) is 0 Å². The van der Waals surface area contributed by atoms with Gasteiger partial charge in [0.2, 0.25) is 11.8 Å². The average Bonchev–Trinajstić information content (AvgIpc) is 4.09. The van der Waals surface area contributed by atoms with Crippen molar-refractivity contribution in [2.75, 3.05) is 51.8 Å². The second-order valence-electron chi connectivity index (χ2n) is 18.6. The summed E-state index contributed by atoms with van der Waals surface area (Å²) in [5.74, 6) is 1.09. The highest BCUT2D eigenvalue weighted by molar-refractivity contribution is 6.01. The third kappa shape index (κ3) is 8.53. The molecule has 0 bridgehead atoms. The van der Waals surface area contributed by atoms with Crippen LogP contribution < -0.4 is 5.32 Å². The van der Waals surface area contributed by atoms with Crippen LogP contribution in [0.4, 0.5) is 5.69 Å². The van der Waals surface area contributed by atoms with E-state index in [4.69, 9.17) is 14.8 Å². The van der Waals surface area contributed by atoms with Gasteiger partial charge in [-0.1, -0.05) is 121 Å². The smallest absolute Gasteiger partial charge is 0.237 e. The molecule has 1 N–H and O–H groups in total. The molecule has 0 radical (unpaired) electrons. The fraction of sp³-hybridized carbons (Fsp3) is 0.241. The maximum atomic E-state index is 14.7. The number of hydrogen-bond acceptors (Lipinski definition) is 8. The number of fused-ring (bicyclic) bond motifs is 1. The lowest BCUT2D eigenvalue weighted by molar-refractivity contribution is -0.133. The maximum absolute atomic E-state index is 14.7. The summed E-state index contributed by atoms with van der Waals surface area (Å²) < 4.78 is 7.95. The van der Waals surface area contributed by atoms with Gasteiger partial charge in [0, 0.05) is 79.1 Å². The molecule has 5 heterocycles. The Balaban J connectivity index is 0.876. The molecule has 3 aromatic heterocycles. The van der Waals surface area contributed by atoms with Crippen molar-refractivity contribution in [2.24, 2.45) is 5.41 Å². The van der Waals surface area contributed by atoms with E-state index >= 15 is 0 Å². The SMILES string of the molecule is COC[C@@]1(C(=O)Nc2ccc3c(c2)c(-c2ccnc(C4CC4)c2)nn3C(c2ccccc2)(c2ccccc2)c2ccccc2)CCN(CC(=O)N2CC=C(c3ccc(-c4ncccn4)cc3)CC2)C1. The zero-order chi connectivity index (χ0) is 46.8. The van der Waals surface area contributed by atoms with Gasteiger partial charge in [0.25, 0.3) is 0 Å². The van der Waals surface area contributed by atoms with E-state index in [0.717, 1.165) is 74.9 Å². The highest BCUT2D eigenvalue weighted by atomic mass is 16.5. The molecule has 2 fully saturated rings. The number of amides is 2. The summed E-state index contributed by atoms with van der Waals surface area (Å²) >= 11 is 0. The van der Waals surface area contributed by atoms with Crippen molar-refractivity contribution in [3.05, 3.63) is 204 Å². The highest BCUT2D eigenvalue weighted by Gasteiger charge is 2.46. The Bertz CT molecular complexity index is 3040. The van der Waals surface area contributed by atoms with E-state index in [9.17, 15) is 9.59 Å². The van der Waals surface area contributed by atoms with Gasteiger partial charge in [-0.05, 0) is 96.5 Å². The molecule has 2 aliphatic heterocycles. The van der Waals surface area contributed by atoms with Crippen molar-refractivity contribution in [1.29, 1.82) is 0 Å². The van der Waals surface area contributed by atoms with Crippen molar-refractivity contribution in [2.45, 2.75) is 37.1 Å². The van der Waals surface area contributed by atoms with E-state index in [1.807, 2.05) is 59.6 Å². The third-order valence-corrected chi connectivity index (χ3v) is 14.2. The van der Waals surface area contributed by atoms with Crippen molar-refractivity contribution in [3.63, 3.8) is 0 Å². The number of ether oxygens (including phenoxy) is 1. The standard InChI is InChI=1S/C58H54N8O3/c1-69-40-57(29-35-64(39-57)38-53(67)65-33-27-42(28-34-65)41-18-22-44(23-19-41)55-60-30-11-31-61-55)56(68)62-49-24-25-52-50(37-49)54(45-26-32-59-51(36-45)43-20-21-43)63-66(52)58(46-12-5-2-6-13-46,47-14-7-3-8-15-47)48-16-9-4-10-17-48/h2-19,22-27,30-32,36-37,43H,20-21,28-29,33-35,38-40H2,1H3,(H,62,68)/t57-/m1/s1. The fourth-order valence-corrected chi connectivity index (χ4v) is 10.5. The van der Waals surface area contributed by atoms with Crippen molar-refractivity contribution < 1.29 is 14.3 Å². The van der Waals surface area contributed by atoms with E-state index in [0.29, 0.717) is 50.0 Å². The lowest BCUT2D eigenvalue weighted by Crippen LogP contribution is -2.45. The Morgan fingerprint density at radius 1 is 0.725 bits per heavy atom. The molecule has 1 saturated heterocycles. The van der Waals surface area contributed by atoms with Crippen LogP contribution in [0.25, 0.3) is 39.1 Å². The van der Waals surface area contributed by atoms with Gasteiger partial charge in [0.1, 0.15) is 11.2 Å². The van der Waals surface area contributed by atoms with Gasteiger partial charge in [-0.2, -0.15) is 5.10 Å². The minimum Gasteiger partial charge on any atom is -0.384 e. The molecule has 8 aromatic rings. The first-order chi connectivity index (χ1) is 33.9. The zero-order valence-electron chi connectivity index (χ0n) is 38.7. The number of likely N-dealkylation sites (tertiary alicyclic amines) is 1. The number of nitrogens with zero attached hydrogens (tertiary/aromatic N) is 7. The quantitative estimate of drug-likeness (QED) is 0.107. The van der Waals surface area contributed by atoms with E-state index < -0.39 is 11.0 Å². The molecule has 0 unspecified atom stereocenters. The molecule has 2 amide bonds. The monoisotopic (exact) mass is 910 g/mol. The summed E-state index contributed by atoms with van der Waals surface area (Å²) in [7, 11) is 1.64. The molecular formula is C58H54N8O3. The van der Waals surface area contributed by atoms with Gasteiger partial charge in [0.05, 0.1) is 24.1 Å². The molecule has 11 rings (SSSR count). The Morgan fingerprint density at radius 3 is 2.01 bits per heavy atom. The van der Waals surface area contributed by atoms with Gasteiger partial charge >= 0.3 is 0 Å². The molecule has 1 atom stereocenters. The molecule has 344 valence electrons. The lowest BCUT2D eigenvalue weighted by Gasteiger charge is -2.37. The van der Waals surface area contributed by atoms with Gasteiger partial charge in [-0.15, -0.1) is 0 Å². The highest BCUT2D eigenvalue weighted by Crippen LogP contribution is 2.46. The van der Waals surface area contributed by atoms with Crippen LogP contribution in [0.15, 0.2) is 176 Å². The third-order valence-electron chi connectivity index (χ3n) is 14.2. The molecular weight excluding hydrogens is 857 g/mol. The molecule has 69 heavy (non-hydrogen) atoms. The van der Waals surface area contributed by atoms with Crippen LogP contribution >= 0.6 is 0 Å². The minimum absolute atomic E-state index is 0.0593. The Labute approximate surface area is 402 Å². The van der Waals surface area contributed by atoms with E-state index in [2.05, 4.69) is 134 Å². The predicted molar refractivity (Wildman–Crippen MR) is 270 cm³/mol. The molecule has 0 spiro atoms. The zero-order valence-corrected chi connectivity index (χ0v) is 38.7. The summed E-state index contributed by atoms with van der Waals surface area (Å²) in [4.78, 5) is 46.0. The largest absolute Gasteiger partial charge is 0.384 e.